The highest BCUT2D eigenvalue weighted by Gasteiger charge is 2.31. The van der Waals surface area contributed by atoms with Crippen LogP contribution in [0.25, 0.3) is 0 Å². The molecule has 5 nitrogen and oxygen atoms in total. The molecule has 1 fully saturated rings. The van der Waals surface area contributed by atoms with E-state index in [0.29, 0.717) is 24.7 Å². The van der Waals surface area contributed by atoms with Crippen LogP contribution in [0.5, 0.6) is 0 Å². The second-order valence-corrected chi connectivity index (χ2v) is 5.02. The average molecular weight is 272 g/mol. The molecule has 100 valence electrons. The highest BCUT2D eigenvalue weighted by molar-refractivity contribution is 6.18. The largest absolute Gasteiger partial charge is 0.373 e. The number of amides is 1. The van der Waals surface area contributed by atoms with E-state index in [1.807, 2.05) is 18.7 Å². The Kier molecular flexibility index (Phi) is 3.92. The van der Waals surface area contributed by atoms with Gasteiger partial charge in [-0.05, 0) is 19.9 Å². The zero-order valence-corrected chi connectivity index (χ0v) is 11.6. The van der Waals surface area contributed by atoms with Gasteiger partial charge in [-0.3, -0.25) is 9.48 Å². The summed E-state index contributed by atoms with van der Waals surface area (Å²) < 4.78 is 7.16. The number of hydrogen-bond acceptors (Lipinski definition) is 3. The Labute approximate surface area is 112 Å². The third-order valence-corrected chi connectivity index (χ3v) is 3.50. The van der Waals surface area contributed by atoms with Crippen LogP contribution in [0, 0.1) is 6.92 Å². The minimum Gasteiger partial charge on any atom is -0.373 e. The molecule has 1 saturated heterocycles. The minimum atomic E-state index is -0.0823. The van der Waals surface area contributed by atoms with Crippen molar-refractivity contribution >= 4 is 17.5 Å². The van der Waals surface area contributed by atoms with E-state index < -0.39 is 0 Å². The van der Waals surface area contributed by atoms with Crippen molar-refractivity contribution in [1.82, 2.24) is 14.7 Å². The molecule has 0 aliphatic carbocycles. The lowest BCUT2D eigenvalue weighted by atomic mass is 10.2. The van der Waals surface area contributed by atoms with Gasteiger partial charge in [-0.25, -0.2) is 0 Å². The number of carbonyl (C=O) groups excluding carboxylic acids is 1. The van der Waals surface area contributed by atoms with E-state index in [9.17, 15) is 4.79 Å². The summed E-state index contributed by atoms with van der Waals surface area (Å²) in [4.78, 5) is 14.3. The number of nitrogens with zero attached hydrogens (tertiary/aromatic N) is 3. The molecule has 1 amide bonds. The van der Waals surface area contributed by atoms with Gasteiger partial charge in [-0.2, -0.15) is 5.10 Å². The van der Waals surface area contributed by atoms with Crippen LogP contribution in [0.1, 0.15) is 23.1 Å². The molecular formula is C12H18ClN3O2. The molecule has 0 bridgehead atoms. The molecule has 2 heterocycles. The highest BCUT2D eigenvalue weighted by Crippen LogP contribution is 2.16. The van der Waals surface area contributed by atoms with Crippen LogP contribution in [0.2, 0.25) is 0 Å². The fourth-order valence-corrected chi connectivity index (χ4v) is 2.34. The van der Waals surface area contributed by atoms with Crippen molar-refractivity contribution in [1.29, 1.82) is 0 Å². The average Bonchev–Trinajstić information content (AvgIpc) is 2.68. The van der Waals surface area contributed by atoms with E-state index in [1.165, 1.54) is 0 Å². The van der Waals surface area contributed by atoms with E-state index in [-0.39, 0.29) is 18.1 Å². The topological polar surface area (TPSA) is 47.4 Å². The summed E-state index contributed by atoms with van der Waals surface area (Å²) in [5, 5.41) is 4.20. The van der Waals surface area contributed by atoms with Gasteiger partial charge in [0.1, 0.15) is 5.69 Å². The van der Waals surface area contributed by atoms with Crippen molar-refractivity contribution in [3.8, 4) is 0 Å². The third kappa shape index (κ3) is 2.52. The number of alkyl halides is 1. The summed E-state index contributed by atoms with van der Waals surface area (Å²) in [6.45, 7) is 4.92. The Hall–Kier alpha value is -1.07. The first kappa shape index (κ1) is 13.4. The number of morpholine rings is 1. The van der Waals surface area contributed by atoms with Crippen LogP contribution in [-0.4, -0.2) is 51.8 Å². The fourth-order valence-electron chi connectivity index (χ4n) is 2.15. The molecule has 6 heteroatoms. The molecule has 0 saturated carbocycles. The summed E-state index contributed by atoms with van der Waals surface area (Å²) in [6.07, 6.45) is -0.0823. The number of aryl methyl sites for hydroxylation is 2. The predicted molar refractivity (Wildman–Crippen MR) is 68.9 cm³/mol. The van der Waals surface area contributed by atoms with Gasteiger partial charge in [0.2, 0.25) is 0 Å². The zero-order chi connectivity index (χ0) is 13.3. The van der Waals surface area contributed by atoms with Crippen LogP contribution < -0.4 is 0 Å². The lowest BCUT2D eigenvalue weighted by Crippen LogP contribution is -2.51. The fraction of sp³-hybridized carbons (Fsp3) is 0.667. The molecule has 18 heavy (non-hydrogen) atoms. The van der Waals surface area contributed by atoms with E-state index in [2.05, 4.69) is 5.10 Å². The van der Waals surface area contributed by atoms with E-state index >= 15 is 0 Å². The van der Waals surface area contributed by atoms with Crippen molar-refractivity contribution in [2.45, 2.75) is 26.0 Å². The number of ether oxygens (including phenoxy) is 1. The number of hydrogen-bond donors (Lipinski definition) is 0. The predicted octanol–water partition coefficient (Wildman–Crippen LogP) is 1.20. The highest BCUT2D eigenvalue weighted by atomic mass is 35.5. The number of carbonyl (C=O) groups is 1. The summed E-state index contributed by atoms with van der Waals surface area (Å²) >= 11 is 5.80. The van der Waals surface area contributed by atoms with Crippen LogP contribution in [0.4, 0.5) is 0 Å². The SMILES string of the molecule is Cc1cc(C(=O)N2CC(CCl)OCC2C)n(C)n1. The van der Waals surface area contributed by atoms with Crippen molar-refractivity contribution in [2.75, 3.05) is 19.0 Å². The Balaban J connectivity index is 2.19. The molecule has 0 N–H and O–H groups in total. The summed E-state index contributed by atoms with van der Waals surface area (Å²) in [5.41, 5.74) is 1.45. The maximum absolute atomic E-state index is 12.5. The smallest absolute Gasteiger partial charge is 0.272 e. The summed E-state index contributed by atoms with van der Waals surface area (Å²) in [5.74, 6) is 0.394. The molecule has 0 radical (unpaired) electrons. The van der Waals surface area contributed by atoms with Gasteiger partial charge in [-0.15, -0.1) is 11.6 Å². The molecule has 2 rings (SSSR count). The van der Waals surface area contributed by atoms with Crippen LogP contribution in [-0.2, 0) is 11.8 Å². The Morgan fingerprint density at radius 1 is 1.67 bits per heavy atom. The lowest BCUT2D eigenvalue weighted by Gasteiger charge is -2.37. The molecule has 2 atom stereocenters. The molecule has 1 aliphatic heterocycles. The van der Waals surface area contributed by atoms with Gasteiger partial charge in [0.25, 0.3) is 5.91 Å². The van der Waals surface area contributed by atoms with Gasteiger partial charge in [0.05, 0.1) is 30.3 Å². The van der Waals surface area contributed by atoms with Crippen molar-refractivity contribution in [3.63, 3.8) is 0 Å². The molecule has 1 aromatic heterocycles. The molecule has 0 aromatic carbocycles. The molecule has 1 aromatic rings. The second-order valence-electron chi connectivity index (χ2n) is 4.71. The first-order valence-corrected chi connectivity index (χ1v) is 6.55. The molecular weight excluding hydrogens is 254 g/mol. The van der Waals surface area contributed by atoms with E-state index in [0.717, 1.165) is 5.69 Å². The number of halogens is 1. The van der Waals surface area contributed by atoms with E-state index in [1.54, 1.807) is 17.8 Å². The second kappa shape index (κ2) is 5.28. The van der Waals surface area contributed by atoms with Gasteiger partial charge in [0, 0.05) is 13.6 Å². The van der Waals surface area contributed by atoms with Gasteiger partial charge in [-0.1, -0.05) is 0 Å². The normalized spacial score (nSPS) is 24.3. The van der Waals surface area contributed by atoms with Crippen molar-refractivity contribution in [2.24, 2.45) is 7.05 Å². The first-order chi connectivity index (χ1) is 8.52. The number of aromatic nitrogens is 2. The maximum atomic E-state index is 12.5. The molecule has 0 spiro atoms. The first-order valence-electron chi connectivity index (χ1n) is 6.02. The van der Waals surface area contributed by atoms with Gasteiger partial charge >= 0.3 is 0 Å². The molecule has 1 aliphatic rings. The van der Waals surface area contributed by atoms with Crippen LogP contribution in [0.3, 0.4) is 0 Å². The monoisotopic (exact) mass is 271 g/mol. The van der Waals surface area contributed by atoms with Crippen molar-refractivity contribution in [3.05, 3.63) is 17.5 Å². The number of rotatable bonds is 2. The zero-order valence-electron chi connectivity index (χ0n) is 10.9. The lowest BCUT2D eigenvalue weighted by molar-refractivity contribution is -0.0375. The van der Waals surface area contributed by atoms with Gasteiger partial charge < -0.3 is 9.64 Å². The van der Waals surface area contributed by atoms with Crippen molar-refractivity contribution < 1.29 is 9.53 Å². The van der Waals surface area contributed by atoms with Gasteiger partial charge in [0.15, 0.2) is 0 Å². The Morgan fingerprint density at radius 2 is 2.39 bits per heavy atom. The summed E-state index contributed by atoms with van der Waals surface area (Å²) in [7, 11) is 1.78. The third-order valence-electron chi connectivity index (χ3n) is 3.16. The molecule has 2 unspecified atom stereocenters. The minimum absolute atomic E-state index is 0.0102. The maximum Gasteiger partial charge on any atom is 0.272 e. The quantitative estimate of drug-likeness (QED) is 0.760. The van der Waals surface area contributed by atoms with Crippen LogP contribution >= 0.6 is 11.6 Å². The Morgan fingerprint density at radius 3 is 2.94 bits per heavy atom. The Bertz CT molecular complexity index is 447. The standard InChI is InChI=1S/C12H18ClN3O2/c1-8-4-11(15(3)14-8)12(17)16-6-10(5-13)18-7-9(16)2/h4,9-10H,5-7H2,1-3H3. The van der Waals surface area contributed by atoms with E-state index in [4.69, 9.17) is 16.3 Å². The summed E-state index contributed by atoms with van der Waals surface area (Å²) in [6, 6.07) is 1.87. The van der Waals surface area contributed by atoms with Crippen LogP contribution in [0.15, 0.2) is 6.07 Å².